The first-order chi connectivity index (χ1) is 17.0. The maximum absolute atomic E-state index is 11.3. The molecule has 5 rings (SSSR count). The van der Waals surface area contributed by atoms with E-state index in [4.69, 9.17) is 28.4 Å². The molecule has 1 atom stereocenters. The van der Waals surface area contributed by atoms with Crippen molar-refractivity contribution in [3.05, 3.63) is 98.9 Å². The number of nitrogens with zero attached hydrogens (tertiary/aromatic N) is 1. The van der Waals surface area contributed by atoms with E-state index in [9.17, 15) is 4.79 Å². The van der Waals surface area contributed by atoms with Crippen molar-refractivity contribution < 1.29 is 10.0 Å². The summed E-state index contributed by atoms with van der Waals surface area (Å²) in [5, 5.41) is 11.3. The van der Waals surface area contributed by atoms with E-state index in [2.05, 4.69) is 39.3 Å². The van der Waals surface area contributed by atoms with Gasteiger partial charge in [-0.3, -0.25) is 14.9 Å². The second-order valence-corrected chi connectivity index (χ2v) is 9.72. The number of carbonyl (C=O) groups is 1. The Labute approximate surface area is 213 Å². The molecule has 1 aliphatic carbocycles. The fourth-order valence-corrected chi connectivity index (χ4v) is 5.36. The number of amides is 1. The minimum atomic E-state index is -0.543. The van der Waals surface area contributed by atoms with Gasteiger partial charge in [0.2, 0.25) is 0 Å². The van der Waals surface area contributed by atoms with Crippen molar-refractivity contribution in [2.45, 2.75) is 31.8 Å². The SMILES string of the molecule is O=C(C=Cc1ccc2c(c1)CCC2N(CCc1c[nH]c2cc(Cl)ccc12)Cc1ccc(Cl)[nH]1)NO. The maximum Gasteiger partial charge on any atom is 0.267 e. The van der Waals surface area contributed by atoms with Crippen LogP contribution in [0.3, 0.4) is 0 Å². The fourth-order valence-electron chi connectivity index (χ4n) is 5.00. The number of carbonyl (C=O) groups excluding carboxylic acids is 1. The monoisotopic (exact) mass is 508 g/mol. The molecular weight excluding hydrogens is 483 g/mol. The van der Waals surface area contributed by atoms with Crippen molar-refractivity contribution in [1.29, 1.82) is 0 Å². The van der Waals surface area contributed by atoms with E-state index < -0.39 is 5.91 Å². The zero-order valence-corrected chi connectivity index (χ0v) is 20.5. The topological polar surface area (TPSA) is 84.2 Å². The second kappa shape index (κ2) is 10.3. The van der Waals surface area contributed by atoms with Crippen molar-refractivity contribution in [2.75, 3.05) is 6.54 Å². The molecule has 35 heavy (non-hydrogen) atoms. The summed E-state index contributed by atoms with van der Waals surface area (Å²) in [5.74, 6) is -0.543. The van der Waals surface area contributed by atoms with Gasteiger partial charge in [0.25, 0.3) is 5.91 Å². The molecule has 2 aromatic heterocycles. The lowest BCUT2D eigenvalue weighted by Crippen LogP contribution is -2.29. The molecule has 0 saturated carbocycles. The van der Waals surface area contributed by atoms with Gasteiger partial charge < -0.3 is 9.97 Å². The molecule has 180 valence electrons. The van der Waals surface area contributed by atoms with Crippen molar-refractivity contribution in [1.82, 2.24) is 20.3 Å². The number of H-pyrrole nitrogens is 2. The molecule has 1 unspecified atom stereocenters. The number of fused-ring (bicyclic) bond motifs is 2. The first kappa shape index (κ1) is 23.7. The Balaban J connectivity index is 1.38. The van der Waals surface area contributed by atoms with Crippen LogP contribution in [0.15, 0.2) is 60.8 Å². The number of aryl methyl sites for hydroxylation is 1. The molecule has 0 aliphatic heterocycles. The van der Waals surface area contributed by atoms with E-state index in [1.807, 2.05) is 30.3 Å². The Bertz CT molecular complexity index is 1390. The predicted octanol–water partition coefficient (Wildman–Crippen LogP) is 6.05. The van der Waals surface area contributed by atoms with Gasteiger partial charge in [-0.05, 0) is 71.9 Å². The number of aromatic amines is 2. The van der Waals surface area contributed by atoms with Crippen LogP contribution in [0.1, 0.15) is 40.4 Å². The molecule has 2 aromatic carbocycles. The molecule has 6 nitrogen and oxygen atoms in total. The second-order valence-electron chi connectivity index (χ2n) is 8.88. The van der Waals surface area contributed by atoms with Crippen LogP contribution < -0.4 is 5.48 Å². The molecule has 0 saturated heterocycles. The third-order valence-electron chi connectivity index (χ3n) is 6.67. The van der Waals surface area contributed by atoms with E-state index in [1.54, 1.807) is 11.6 Å². The summed E-state index contributed by atoms with van der Waals surface area (Å²) < 4.78 is 0. The lowest BCUT2D eigenvalue weighted by molar-refractivity contribution is -0.124. The van der Waals surface area contributed by atoms with E-state index in [0.717, 1.165) is 54.1 Å². The molecule has 1 amide bonds. The lowest BCUT2D eigenvalue weighted by atomic mass is 10.0. The summed E-state index contributed by atoms with van der Waals surface area (Å²) in [6.07, 6.45) is 8.01. The van der Waals surface area contributed by atoms with Crippen LogP contribution in [-0.2, 0) is 24.2 Å². The van der Waals surface area contributed by atoms with Gasteiger partial charge in [-0.1, -0.05) is 47.5 Å². The minimum Gasteiger partial charge on any atom is -0.361 e. The van der Waals surface area contributed by atoms with Crippen molar-refractivity contribution in [2.24, 2.45) is 0 Å². The highest BCUT2D eigenvalue weighted by atomic mass is 35.5. The van der Waals surface area contributed by atoms with Gasteiger partial charge in [0, 0.05) is 53.0 Å². The van der Waals surface area contributed by atoms with E-state index in [1.165, 1.54) is 28.2 Å². The molecule has 0 fully saturated rings. The number of benzene rings is 2. The molecule has 0 radical (unpaired) electrons. The molecule has 0 bridgehead atoms. The van der Waals surface area contributed by atoms with Crippen molar-refractivity contribution in [3.63, 3.8) is 0 Å². The van der Waals surface area contributed by atoms with Gasteiger partial charge in [0.05, 0.1) is 0 Å². The van der Waals surface area contributed by atoms with Crippen LogP contribution in [0.4, 0.5) is 0 Å². The van der Waals surface area contributed by atoms with Crippen molar-refractivity contribution >= 4 is 46.1 Å². The molecular formula is C27H26Cl2N4O2. The summed E-state index contributed by atoms with van der Waals surface area (Å²) in [4.78, 5) is 20.4. The summed E-state index contributed by atoms with van der Waals surface area (Å²) >= 11 is 12.3. The normalized spacial score (nSPS) is 15.4. The zero-order valence-electron chi connectivity index (χ0n) is 19.0. The summed E-state index contributed by atoms with van der Waals surface area (Å²) in [5.41, 5.74) is 8.57. The third kappa shape index (κ3) is 5.31. The lowest BCUT2D eigenvalue weighted by Gasteiger charge is -2.29. The Morgan fingerprint density at radius 3 is 2.86 bits per heavy atom. The Kier molecular flexibility index (Phi) is 6.97. The highest BCUT2D eigenvalue weighted by Gasteiger charge is 2.28. The van der Waals surface area contributed by atoms with E-state index in [-0.39, 0.29) is 6.04 Å². The van der Waals surface area contributed by atoms with E-state index >= 15 is 0 Å². The quantitative estimate of drug-likeness (QED) is 0.133. The Morgan fingerprint density at radius 2 is 2.06 bits per heavy atom. The minimum absolute atomic E-state index is 0.283. The number of nitrogens with one attached hydrogen (secondary N) is 3. The zero-order chi connectivity index (χ0) is 24.4. The Hall–Kier alpha value is -3.03. The molecule has 0 spiro atoms. The van der Waals surface area contributed by atoms with Crippen LogP contribution in [0.2, 0.25) is 10.2 Å². The number of hydrogen-bond donors (Lipinski definition) is 4. The molecule has 1 aliphatic rings. The number of halogens is 2. The fraction of sp³-hybridized carbons (Fsp3) is 0.222. The van der Waals surface area contributed by atoms with Crippen LogP contribution in [0.5, 0.6) is 0 Å². The van der Waals surface area contributed by atoms with Gasteiger partial charge in [0.15, 0.2) is 0 Å². The van der Waals surface area contributed by atoms with Gasteiger partial charge in [-0.25, -0.2) is 5.48 Å². The molecule has 8 heteroatoms. The number of rotatable bonds is 8. The van der Waals surface area contributed by atoms with Crippen LogP contribution in [0.25, 0.3) is 17.0 Å². The van der Waals surface area contributed by atoms with Crippen LogP contribution in [-0.4, -0.2) is 32.5 Å². The van der Waals surface area contributed by atoms with Gasteiger partial charge in [-0.2, -0.15) is 0 Å². The first-order valence-electron chi connectivity index (χ1n) is 11.6. The number of aromatic nitrogens is 2. The number of hydroxylamine groups is 1. The predicted molar refractivity (Wildman–Crippen MR) is 140 cm³/mol. The standard InChI is InChI=1S/C27H26Cl2N4O2/c28-20-4-7-22-19(15-30-24(22)14-20)11-12-33(16-21-5-9-26(29)31-21)25-8-3-18-13-17(1-6-23(18)25)2-10-27(34)32-35/h1-2,4-7,9-10,13-15,25,30-31,35H,3,8,11-12,16H2,(H,32,34). The molecule has 4 aromatic rings. The average molecular weight is 509 g/mol. The third-order valence-corrected chi connectivity index (χ3v) is 7.13. The van der Waals surface area contributed by atoms with Gasteiger partial charge >= 0.3 is 0 Å². The molecule has 4 N–H and O–H groups in total. The van der Waals surface area contributed by atoms with Gasteiger partial charge in [0.1, 0.15) is 5.15 Å². The number of hydrogen-bond acceptors (Lipinski definition) is 3. The largest absolute Gasteiger partial charge is 0.361 e. The van der Waals surface area contributed by atoms with Crippen molar-refractivity contribution in [3.8, 4) is 0 Å². The Morgan fingerprint density at radius 1 is 1.17 bits per heavy atom. The van der Waals surface area contributed by atoms with Crippen LogP contribution in [0, 0.1) is 0 Å². The highest BCUT2D eigenvalue weighted by Crippen LogP contribution is 2.37. The average Bonchev–Trinajstić information content (AvgIpc) is 3.58. The van der Waals surface area contributed by atoms with Gasteiger partial charge in [-0.15, -0.1) is 0 Å². The van der Waals surface area contributed by atoms with Crippen LogP contribution >= 0.6 is 23.2 Å². The van der Waals surface area contributed by atoms with E-state index in [0.29, 0.717) is 5.15 Å². The molecule has 2 heterocycles. The highest BCUT2D eigenvalue weighted by molar-refractivity contribution is 6.31. The summed E-state index contributed by atoms with van der Waals surface area (Å²) in [7, 11) is 0. The first-order valence-corrected chi connectivity index (χ1v) is 12.3. The summed E-state index contributed by atoms with van der Waals surface area (Å²) in [6, 6.07) is 16.5. The maximum atomic E-state index is 11.3. The summed E-state index contributed by atoms with van der Waals surface area (Å²) in [6.45, 7) is 1.65. The smallest absolute Gasteiger partial charge is 0.267 e.